The van der Waals surface area contributed by atoms with Gasteiger partial charge >= 0.3 is 0 Å². The van der Waals surface area contributed by atoms with Crippen molar-refractivity contribution in [2.75, 3.05) is 26.7 Å². The number of ether oxygens (including phenoxy) is 1. The van der Waals surface area contributed by atoms with Gasteiger partial charge in [0.25, 0.3) is 0 Å². The fourth-order valence-corrected chi connectivity index (χ4v) is 4.01. The Kier molecular flexibility index (Phi) is 4.38. The molecule has 3 heterocycles. The Morgan fingerprint density at radius 3 is 3.30 bits per heavy atom. The van der Waals surface area contributed by atoms with Crippen LogP contribution >= 0.6 is 11.3 Å². The van der Waals surface area contributed by atoms with Crippen molar-refractivity contribution in [1.82, 2.24) is 10.2 Å². The van der Waals surface area contributed by atoms with Gasteiger partial charge in [0, 0.05) is 30.6 Å². The van der Waals surface area contributed by atoms with Crippen LogP contribution in [0.3, 0.4) is 0 Å². The van der Waals surface area contributed by atoms with Crippen LogP contribution in [0.1, 0.15) is 17.7 Å². The van der Waals surface area contributed by atoms with Crippen LogP contribution in [0.15, 0.2) is 17.5 Å². The van der Waals surface area contributed by atoms with E-state index in [-0.39, 0.29) is 17.9 Å². The molecule has 3 atom stereocenters. The number of nitrogens with zero attached hydrogens (tertiary/aromatic N) is 1. The maximum absolute atomic E-state index is 12.3. The van der Waals surface area contributed by atoms with Gasteiger partial charge in [0.2, 0.25) is 5.91 Å². The first-order valence-corrected chi connectivity index (χ1v) is 8.24. The first kappa shape index (κ1) is 14.0. The predicted octanol–water partition coefficient (Wildman–Crippen LogP) is 1.52. The molecule has 0 aromatic carbocycles. The van der Waals surface area contributed by atoms with Crippen LogP contribution in [0, 0.1) is 5.92 Å². The number of nitrogens with one attached hydrogen (secondary N) is 1. The smallest absolute Gasteiger partial charge is 0.224 e. The third kappa shape index (κ3) is 3.05. The van der Waals surface area contributed by atoms with Crippen molar-refractivity contribution < 1.29 is 9.53 Å². The van der Waals surface area contributed by atoms with E-state index in [0.717, 1.165) is 39.0 Å². The van der Waals surface area contributed by atoms with Crippen molar-refractivity contribution in [3.8, 4) is 0 Å². The zero-order valence-corrected chi connectivity index (χ0v) is 12.7. The highest BCUT2D eigenvalue weighted by atomic mass is 32.1. The molecular weight excluding hydrogens is 272 g/mol. The third-order valence-electron chi connectivity index (χ3n) is 4.39. The molecule has 20 heavy (non-hydrogen) atoms. The van der Waals surface area contributed by atoms with Crippen molar-refractivity contribution in [2.45, 2.75) is 31.4 Å². The van der Waals surface area contributed by atoms with Crippen molar-refractivity contribution in [3.05, 3.63) is 22.4 Å². The van der Waals surface area contributed by atoms with E-state index in [1.807, 2.05) is 0 Å². The second-order valence-corrected chi connectivity index (χ2v) is 6.79. The summed E-state index contributed by atoms with van der Waals surface area (Å²) in [6, 6.07) is 4.68. The van der Waals surface area contributed by atoms with E-state index in [1.54, 1.807) is 11.3 Å². The fourth-order valence-electron chi connectivity index (χ4n) is 3.30. The van der Waals surface area contributed by atoms with E-state index in [2.05, 4.69) is 34.8 Å². The Hall–Kier alpha value is -0.910. The van der Waals surface area contributed by atoms with Gasteiger partial charge < -0.3 is 10.1 Å². The minimum atomic E-state index is 0.0719. The van der Waals surface area contributed by atoms with Gasteiger partial charge in [-0.2, -0.15) is 0 Å². The number of hydrogen-bond acceptors (Lipinski definition) is 4. The average Bonchev–Trinajstić information content (AvgIpc) is 3.08. The summed E-state index contributed by atoms with van der Waals surface area (Å²) in [4.78, 5) is 15.9. The van der Waals surface area contributed by atoms with Crippen LogP contribution in [-0.2, 0) is 16.0 Å². The Morgan fingerprint density at radius 1 is 1.60 bits per heavy atom. The number of thiophene rings is 1. The summed E-state index contributed by atoms with van der Waals surface area (Å²) < 4.78 is 5.75. The maximum Gasteiger partial charge on any atom is 0.224 e. The molecule has 2 fully saturated rings. The molecule has 1 aromatic rings. The lowest BCUT2D eigenvalue weighted by atomic mass is 9.90. The van der Waals surface area contributed by atoms with E-state index in [9.17, 15) is 4.79 Å². The highest BCUT2D eigenvalue weighted by Gasteiger charge is 2.40. The van der Waals surface area contributed by atoms with Gasteiger partial charge in [-0.1, -0.05) is 6.07 Å². The Morgan fingerprint density at radius 2 is 2.50 bits per heavy atom. The Bertz CT molecular complexity index is 449. The zero-order chi connectivity index (χ0) is 13.9. The summed E-state index contributed by atoms with van der Waals surface area (Å²) in [5.74, 6) is 0.255. The quantitative estimate of drug-likeness (QED) is 0.915. The molecule has 1 amide bonds. The minimum absolute atomic E-state index is 0.0719. The number of amides is 1. The lowest BCUT2D eigenvalue weighted by Crippen LogP contribution is -2.51. The zero-order valence-electron chi connectivity index (χ0n) is 11.9. The first-order chi connectivity index (χ1) is 9.74. The molecule has 1 aromatic heterocycles. The van der Waals surface area contributed by atoms with Gasteiger partial charge in [0.1, 0.15) is 0 Å². The monoisotopic (exact) mass is 294 g/mol. The standard InChI is InChI=1S/C15H22N2O2S/c1-17-10-11(9-14-13(17)5-7-19-14)15(18)16-6-4-12-3-2-8-20-12/h2-3,8,11,13-14H,4-7,9-10H2,1H3,(H,16,18)/t11-,13+,14+/m0/s1. The van der Waals surface area contributed by atoms with Crippen LogP contribution < -0.4 is 5.32 Å². The molecule has 0 unspecified atom stereocenters. The molecule has 2 aliphatic heterocycles. The topological polar surface area (TPSA) is 41.6 Å². The number of fused-ring (bicyclic) bond motifs is 1. The van der Waals surface area contributed by atoms with Crippen LogP contribution in [0.4, 0.5) is 0 Å². The molecule has 0 radical (unpaired) electrons. The summed E-state index contributed by atoms with van der Waals surface area (Å²) in [6.45, 7) is 2.43. The number of piperidine rings is 1. The summed E-state index contributed by atoms with van der Waals surface area (Å²) >= 11 is 1.74. The number of likely N-dealkylation sites (tertiary alicyclic amines) is 1. The van der Waals surface area contributed by atoms with Crippen molar-refractivity contribution in [1.29, 1.82) is 0 Å². The normalized spacial score (nSPS) is 30.1. The van der Waals surface area contributed by atoms with E-state index in [0.29, 0.717) is 6.04 Å². The fraction of sp³-hybridized carbons (Fsp3) is 0.667. The van der Waals surface area contributed by atoms with Gasteiger partial charge in [-0.3, -0.25) is 9.69 Å². The number of likely N-dealkylation sites (N-methyl/N-ethyl adjacent to an activating group) is 1. The predicted molar refractivity (Wildman–Crippen MR) is 79.9 cm³/mol. The van der Waals surface area contributed by atoms with E-state index in [4.69, 9.17) is 4.74 Å². The highest BCUT2D eigenvalue weighted by Crippen LogP contribution is 2.30. The van der Waals surface area contributed by atoms with Gasteiger partial charge in [0.15, 0.2) is 0 Å². The molecule has 2 saturated heterocycles. The minimum Gasteiger partial charge on any atom is -0.377 e. The van der Waals surface area contributed by atoms with Crippen molar-refractivity contribution in [3.63, 3.8) is 0 Å². The molecule has 2 aliphatic rings. The van der Waals surface area contributed by atoms with Crippen molar-refractivity contribution >= 4 is 17.2 Å². The van der Waals surface area contributed by atoms with Crippen LogP contribution in [0.5, 0.6) is 0 Å². The van der Waals surface area contributed by atoms with E-state index >= 15 is 0 Å². The van der Waals surface area contributed by atoms with Crippen molar-refractivity contribution in [2.24, 2.45) is 5.92 Å². The molecular formula is C15H22N2O2S. The molecule has 3 rings (SSSR count). The second kappa shape index (κ2) is 6.24. The Balaban J connectivity index is 1.47. The average molecular weight is 294 g/mol. The van der Waals surface area contributed by atoms with Gasteiger partial charge in [-0.05, 0) is 37.8 Å². The third-order valence-corrected chi connectivity index (χ3v) is 5.32. The number of carbonyl (C=O) groups is 1. The molecule has 0 saturated carbocycles. The summed E-state index contributed by atoms with van der Waals surface area (Å²) in [5, 5.41) is 5.15. The molecule has 0 spiro atoms. The van der Waals surface area contributed by atoms with Crippen LogP contribution in [0.2, 0.25) is 0 Å². The SMILES string of the molecule is CN1C[C@@H](C(=O)NCCc2cccs2)C[C@H]2OCC[C@H]21. The first-order valence-electron chi connectivity index (χ1n) is 7.36. The summed E-state index contributed by atoms with van der Waals surface area (Å²) in [6.07, 6.45) is 3.16. The Labute approximate surface area is 124 Å². The van der Waals surface area contributed by atoms with Gasteiger partial charge in [0.05, 0.1) is 12.0 Å². The molecule has 110 valence electrons. The van der Waals surface area contributed by atoms with Gasteiger partial charge in [-0.15, -0.1) is 11.3 Å². The molecule has 4 nitrogen and oxygen atoms in total. The summed E-state index contributed by atoms with van der Waals surface area (Å²) in [7, 11) is 2.11. The molecule has 1 N–H and O–H groups in total. The maximum atomic E-state index is 12.3. The highest BCUT2D eigenvalue weighted by molar-refractivity contribution is 7.09. The second-order valence-electron chi connectivity index (χ2n) is 5.76. The number of rotatable bonds is 4. The lowest BCUT2D eigenvalue weighted by Gasteiger charge is -2.37. The number of carbonyl (C=O) groups excluding carboxylic acids is 1. The summed E-state index contributed by atoms with van der Waals surface area (Å²) in [5.41, 5.74) is 0. The molecule has 0 aliphatic carbocycles. The van der Waals surface area contributed by atoms with E-state index < -0.39 is 0 Å². The van der Waals surface area contributed by atoms with Crippen LogP contribution in [-0.4, -0.2) is 49.7 Å². The largest absolute Gasteiger partial charge is 0.377 e. The molecule has 0 bridgehead atoms. The lowest BCUT2D eigenvalue weighted by molar-refractivity contribution is -0.129. The van der Waals surface area contributed by atoms with E-state index in [1.165, 1.54) is 4.88 Å². The molecule has 5 heteroatoms. The number of hydrogen-bond donors (Lipinski definition) is 1. The van der Waals surface area contributed by atoms with Gasteiger partial charge in [-0.25, -0.2) is 0 Å². The van der Waals surface area contributed by atoms with Crippen LogP contribution in [0.25, 0.3) is 0 Å².